The molecule has 0 aliphatic carbocycles. The maximum absolute atomic E-state index is 5.78. The van der Waals surface area contributed by atoms with Gasteiger partial charge >= 0.3 is 0 Å². The third-order valence-corrected chi connectivity index (χ3v) is 3.47. The van der Waals surface area contributed by atoms with Crippen LogP contribution in [0, 0.1) is 0 Å². The molecule has 0 amide bonds. The Hall–Kier alpha value is -0.750. The second-order valence-electron chi connectivity index (χ2n) is 3.17. The van der Waals surface area contributed by atoms with Crippen molar-refractivity contribution in [2.75, 3.05) is 0 Å². The van der Waals surface area contributed by atoms with Crippen LogP contribution in [0.2, 0.25) is 5.02 Å². The molecule has 82 valence electrons. The van der Waals surface area contributed by atoms with Gasteiger partial charge in [-0.3, -0.25) is 0 Å². The quantitative estimate of drug-likeness (QED) is 0.742. The summed E-state index contributed by atoms with van der Waals surface area (Å²) in [5, 5.41) is 1.80. The molecule has 0 aromatic heterocycles. The highest BCUT2D eigenvalue weighted by Crippen LogP contribution is 2.23. The summed E-state index contributed by atoms with van der Waals surface area (Å²) in [6.45, 7) is 0. The molecule has 0 bridgehead atoms. The number of hydrogen-bond acceptors (Lipinski definition) is 1. The Morgan fingerprint density at radius 3 is 1.81 bits per heavy atom. The number of hydrogen-bond donors (Lipinski definition) is 0. The topological polar surface area (TPSA) is 9.23 Å². The molecular weight excluding hydrogens is 262 g/mol. The van der Waals surface area contributed by atoms with Crippen LogP contribution >= 0.6 is 30.8 Å². The maximum atomic E-state index is 5.78. The van der Waals surface area contributed by atoms with Gasteiger partial charge in [-0.2, -0.15) is 0 Å². The molecule has 4 heteroatoms. The summed E-state index contributed by atoms with van der Waals surface area (Å²) in [4.78, 5) is 0. The van der Waals surface area contributed by atoms with Crippen LogP contribution in [0.5, 0.6) is 11.5 Å². The van der Waals surface area contributed by atoms with Crippen molar-refractivity contribution in [3.8, 4) is 11.5 Å². The molecule has 1 unspecified atom stereocenters. The van der Waals surface area contributed by atoms with Crippen molar-refractivity contribution >= 4 is 36.1 Å². The van der Waals surface area contributed by atoms with E-state index in [9.17, 15) is 0 Å². The van der Waals surface area contributed by atoms with Gasteiger partial charge in [0.15, 0.2) is 0 Å². The SMILES string of the molecule is ClPc1ccc(Oc2ccc(Cl)cc2)cc1. The zero-order valence-electron chi connectivity index (χ0n) is 8.28. The van der Waals surface area contributed by atoms with Crippen LogP contribution in [-0.4, -0.2) is 0 Å². The zero-order chi connectivity index (χ0) is 11.4. The zero-order valence-corrected chi connectivity index (χ0v) is 10.8. The second kappa shape index (κ2) is 5.54. The van der Waals surface area contributed by atoms with Crippen molar-refractivity contribution in [2.24, 2.45) is 0 Å². The summed E-state index contributed by atoms with van der Waals surface area (Å²) >= 11 is 11.5. The number of ether oxygens (including phenoxy) is 1. The Balaban J connectivity index is 2.11. The number of rotatable bonds is 3. The van der Waals surface area contributed by atoms with Crippen LogP contribution in [0.25, 0.3) is 0 Å². The molecule has 1 nitrogen and oxygen atoms in total. The van der Waals surface area contributed by atoms with Gasteiger partial charge in [0.05, 0.1) is 0 Å². The van der Waals surface area contributed by atoms with E-state index in [1.807, 2.05) is 36.4 Å². The van der Waals surface area contributed by atoms with Gasteiger partial charge in [0.2, 0.25) is 0 Å². The lowest BCUT2D eigenvalue weighted by atomic mass is 10.3. The first-order valence-electron chi connectivity index (χ1n) is 4.68. The highest BCUT2D eigenvalue weighted by atomic mass is 35.7. The fraction of sp³-hybridized carbons (Fsp3) is 0. The van der Waals surface area contributed by atoms with Crippen molar-refractivity contribution in [1.82, 2.24) is 0 Å². The molecule has 0 saturated heterocycles. The van der Waals surface area contributed by atoms with Crippen LogP contribution in [0.3, 0.4) is 0 Å². The lowest BCUT2D eigenvalue weighted by Crippen LogP contribution is -1.91. The molecule has 16 heavy (non-hydrogen) atoms. The van der Waals surface area contributed by atoms with E-state index in [2.05, 4.69) is 0 Å². The predicted molar refractivity (Wildman–Crippen MR) is 71.8 cm³/mol. The van der Waals surface area contributed by atoms with Gasteiger partial charge in [-0.1, -0.05) is 22.8 Å². The van der Waals surface area contributed by atoms with Crippen LogP contribution in [0.1, 0.15) is 0 Å². The Labute approximate surface area is 106 Å². The molecule has 0 spiro atoms. The minimum absolute atomic E-state index is 0.292. The summed E-state index contributed by atoms with van der Waals surface area (Å²) in [6, 6.07) is 15.0. The first kappa shape index (κ1) is 11.7. The van der Waals surface area contributed by atoms with Gasteiger partial charge in [0, 0.05) is 13.0 Å². The fourth-order valence-electron chi connectivity index (χ4n) is 1.22. The van der Waals surface area contributed by atoms with Crippen LogP contribution in [-0.2, 0) is 0 Å². The van der Waals surface area contributed by atoms with Crippen molar-refractivity contribution < 1.29 is 4.74 Å². The van der Waals surface area contributed by atoms with E-state index in [0.717, 1.165) is 16.8 Å². The van der Waals surface area contributed by atoms with Gasteiger partial charge in [0.25, 0.3) is 0 Å². The van der Waals surface area contributed by atoms with E-state index < -0.39 is 0 Å². The highest BCUT2D eigenvalue weighted by molar-refractivity contribution is 7.74. The molecule has 0 N–H and O–H groups in total. The van der Waals surface area contributed by atoms with Gasteiger partial charge in [0.1, 0.15) is 11.5 Å². The molecule has 0 radical (unpaired) electrons. The Bertz CT molecular complexity index is 453. The summed E-state index contributed by atoms with van der Waals surface area (Å²) in [6.07, 6.45) is 0. The average molecular weight is 271 g/mol. The van der Waals surface area contributed by atoms with E-state index >= 15 is 0 Å². The molecule has 0 saturated carbocycles. The molecule has 0 heterocycles. The smallest absolute Gasteiger partial charge is 0.127 e. The largest absolute Gasteiger partial charge is 0.457 e. The lowest BCUT2D eigenvalue weighted by molar-refractivity contribution is 0.483. The molecule has 0 fully saturated rings. The van der Waals surface area contributed by atoms with Crippen LogP contribution in [0.15, 0.2) is 48.5 Å². The van der Waals surface area contributed by atoms with Crippen molar-refractivity contribution in [1.29, 1.82) is 0 Å². The first-order chi connectivity index (χ1) is 7.78. The number of benzene rings is 2. The predicted octanol–water partition coefficient (Wildman–Crippen LogP) is 4.59. The van der Waals surface area contributed by atoms with Gasteiger partial charge in [-0.05, 0) is 53.8 Å². The monoisotopic (exact) mass is 270 g/mol. The van der Waals surface area contributed by atoms with E-state index in [1.165, 1.54) is 0 Å². The van der Waals surface area contributed by atoms with Crippen LogP contribution in [0.4, 0.5) is 0 Å². The third-order valence-electron chi connectivity index (χ3n) is 2.01. The molecule has 0 aliphatic heterocycles. The minimum atomic E-state index is 0.292. The van der Waals surface area contributed by atoms with E-state index in [4.69, 9.17) is 27.6 Å². The van der Waals surface area contributed by atoms with Crippen molar-refractivity contribution in [3.05, 3.63) is 53.6 Å². The summed E-state index contributed by atoms with van der Waals surface area (Å²) in [7, 11) is 0.292. The summed E-state index contributed by atoms with van der Waals surface area (Å²) < 4.78 is 5.63. The van der Waals surface area contributed by atoms with Gasteiger partial charge < -0.3 is 4.74 Å². The molecule has 2 aromatic rings. The van der Waals surface area contributed by atoms with Crippen LogP contribution < -0.4 is 10.0 Å². The maximum Gasteiger partial charge on any atom is 0.127 e. The van der Waals surface area contributed by atoms with Gasteiger partial charge in [-0.25, -0.2) is 0 Å². The van der Waals surface area contributed by atoms with E-state index in [-0.39, 0.29) is 0 Å². The van der Waals surface area contributed by atoms with Crippen molar-refractivity contribution in [2.45, 2.75) is 0 Å². The summed E-state index contributed by atoms with van der Waals surface area (Å²) in [5.41, 5.74) is 0. The van der Waals surface area contributed by atoms with E-state index in [0.29, 0.717) is 13.0 Å². The van der Waals surface area contributed by atoms with E-state index in [1.54, 1.807) is 12.1 Å². The first-order valence-corrected chi connectivity index (χ1v) is 7.07. The highest BCUT2D eigenvalue weighted by Gasteiger charge is 1.97. The minimum Gasteiger partial charge on any atom is -0.457 e. The van der Waals surface area contributed by atoms with Gasteiger partial charge in [-0.15, -0.1) is 0 Å². The molecule has 1 atom stereocenters. The standard InChI is InChI=1S/C12H9Cl2OP/c13-9-1-3-10(4-2-9)15-11-5-7-12(16-14)8-6-11/h1-8,16H. The van der Waals surface area contributed by atoms with Crippen molar-refractivity contribution in [3.63, 3.8) is 0 Å². The molecule has 2 aromatic carbocycles. The normalized spacial score (nSPS) is 10.9. The second-order valence-corrected chi connectivity index (χ2v) is 4.94. The molecule has 2 rings (SSSR count). The Morgan fingerprint density at radius 2 is 1.31 bits per heavy atom. The number of halogens is 2. The fourth-order valence-corrected chi connectivity index (χ4v) is 2.02. The lowest BCUT2D eigenvalue weighted by Gasteiger charge is -2.05. The Morgan fingerprint density at radius 1 is 0.812 bits per heavy atom. The third kappa shape index (κ3) is 3.12. The molecular formula is C12H9Cl2OP. The summed E-state index contributed by atoms with van der Waals surface area (Å²) in [5.74, 6) is 1.56. The molecule has 0 aliphatic rings. The Kier molecular flexibility index (Phi) is 4.06. The average Bonchev–Trinajstić information content (AvgIpc) is 2.33.